The van der Waals surface area contributed by atoms with E-state index in [1.54, 1.807) is 6.92 Å². The van der Waals surface area contributed by atoms with Gasteiger partial charge >= 0.3 is 6.98 Å². The van der Waals surface area contributed by atoms with E-state index in [4.69, 9.17) is 0 Å². The zero-order chi connectivity index (χ0) is 14.1. The molecule has 0 bridgehead atoms. The zero-order valence-corrected chi connectivity index (χ0v) is 10.9. The third-order valence-corrected chi connectivity index (χ3v) is 4.31. The Morgan fingerprint density at radius 3 is 2.05 bits per heavy atom. The van der Waals surface area contributed by atoms with Crippen molar-refractivity contribution in [2.24, 2.45) is 0 Å². The van der Waals surface area contributed by atoms with Crippen molar-refractivity contribution in [3.8, 4) is 0 Å². The number of halogens is 4. The molecule has 19 heavy (non-hydrogen) atoms. The van der Waals surface area contributed by atoms with Crippen LogP contribution in [-0.4, -0.2) is 20.1 Å². The Labute approximate surface area is 110 Å². The topological polar surface area (TPSA) is 4.44 Å². The lowest BCUT2D eigenvalue weighted by Gasteiger charge is -2.45. The third kappa shape index (κ3) is 2.38. The van der Waals surface area contributed by atoms with Crippen LogP contribution in [0.4, 0.5) is 17.3 Å². The fraction of sp³-hybridized carbons (Fsp3) is 0.538. The van der Waals surface area contributed by atoms with Crippen LogP contribution in [0, 0.1) is 5.82 Å². The maximum atomic E-state index is 13.8. The molecule has 0 saturated carbocycles. The van der Waals surface area contributed by atoms with Gasteiger partial charge in [-0.2, -0.15) is 0 Å². The predicted molar refractivity (Wildman–Crippen MR) is 67.4 cm³/mol. The van der Waals surface area contributed by atoms with E-state index in [2.05, 4.69) is 0 Å². The summed E-state index contributed by atoms with van der Waals surface area (Å²) in [5.41, 5.74) is -1.65. The molecule has 0 spiro atoms. The van der Waals surface area contributed by atoms with Crippen molar-refractivity contribution in [2.45, 2.75) is 31.6 Å². The Bertz CT molecular complexity index is 425. The van der Waals surface area contributed by atoms with Crippen LogP contribution in [0.3, 0.4) is 0 Å². The number of likely N-dealkylation sites (tertiary alicyclic amines) is 1. The van der Waals surface area contributed by atoms with Crippen molar-refractivity contribution in [3.63, 3.8) is 0 Å². The summed E-state index contributed by atoms with van der Waals surface area (Å²) in [6, 6.07) is 4.83. The monoisotopic (exact) mass is 275 g/mol. The van der Waals surface area contributed by atoms with Gasteiger partial charge in [0.15, 0.2) is 0 Å². The molecular weight excluding hydrogens is 257 g/mol. The predicted octanol–water partition coefficient (Wildman–Crippen LogP) is 2.50. The van der Waals surface area contributed by atoms with Crippen LogP contribution in [0.15, 0.2) is 24.3 Å². The molecule has 0 aliphatic carbocycles. The molecule has 0 radical (unpaired) electrons. The largest absolute Gasteiger partial charge is 0.542 e. The Morgan fingerprint density at radius 1 is 1.11 bits per heavy atom. The van der Waals surface area contributed by atoms with Crippen LogP contribution >= 0.6 is 0 Å². The first-order chi connectivity index (χ1) is 8.91. The van der Waals surface area contributed by atoms with Gasteiger partial charge in [0.2, 0.25) is 0 Å². The number of quaternary nitrogens is 1. The van der Waals surface area contributed by atoms with Crippen molar-refractivity contribution in [1.29, 1.82) is 0 Å². The van der Waals surface area contributed by atoms with Gasteiger partial charge < -0.3 is 17.8 Å². The van der Waals surface area contributed by atoms with E-state index >= 15 is 0 Å². The molecule has 1 aliphatic heterocycles. The molecule has 0 unspecified atom stereocenters. The van der Waals surface area contributed by atoms with Gasteiger partial charge in [0.25, 0.3) is 0 Å². The Hall–Kier alpha value is -1.04. The molecule has 1 aromatic carbocycles. The van der Waals surface area contributed by atoms with Gasteiger partial charge in [0.1, 0.15) is 5.82 Å². The minimum atomic E-state index is -5.05. The zero-order valence-electron chi connectivity index (χ0n) is 10.9. The second kappa shape index (κ2) is 5.15. The lowest BCUT2D eigenvalue weighted by molar-refractivity contribution is -0.938. The van der Waals surface area contributed by atoms with E-state index in [1.165, 1.54) is 12.1 Å². The fourth-order valence-corrected chi connectivity index (χ4v) is 3.31. The molecule has 1 fully saturated rings. The number of nitrogens with one attached hydrogen (secondary N) is 1. The summed E-state index contributed by atoms with van der Waals surface area (Å²) in [6.07, 6.45) is 1.65. The molecule has 0 amide bonds. The van der Waals surface area contributed by atoms with Crippen LogP contribution in [-0.2, 0) is 5.44 Å². The molecule has 1 N–H and O–H groups in total. The van der Waals surface area contributed by atoms with E-state index in [0.29, 0.717) is 18.0 Å². The fourth-order valence-electron chi connectivity index (χ4n) is 3.31. The first-order valence-electron chi connectivity index (χ1n) is 6.72. The molecule has 1 heterocycles. The Morgan fingerprint density at radius 2 is 1.63 bits per heavy atom. The summed E-state index contributed by atoms with van der Waals surface area (Å²) >= 11 is 0. The van der Waals surface area contributed by atoms with E-state index in [1.807, 2.05) is 0 Å². The van der Waals surface area contributed by atoms with Crippen LogP contribution in [0.5, 0.6) is 0 Å². The average molecular weight is 275 g/mol. The molecule has 1 nitrogen and oxygen atoms in total. The molecule has 1 saturated heterocycles. The highest BCUT2D eigenvalue weighted by atomic mass is 19.4. The van der Waals surface area contributed by atoms with Crippen LogP contribution < -0.4 is 4.90 Å². The highest BCUT2D eigenvalue weighted by Gasteiger charge is 2.58. The lowest BCUT2D eigenvalue weighted by Crippen LogP contribution is -3.19. The SMILES string of the molecule is CC[C@](c1ccc(F)cc1)([NH+]1CCCC1)[B-](F)(F)F. The van der Waals surface area contributed by atoms with Crippen molar-refractivity contribution in [2.75, 3.05) is 13.1 Å². The summed E-state index contributed by atoms with van der Waals surface area (Å²) in [5.74, 6) is -0.500. The first-order valence-corrected chi connectivity index (χ1v) is 6.72. The second-order valence-corrected chi connectivity index (χ2v) is 5.22. The lowest BCUT2D eigenvalue weighted by atomic mass is 9.58. The number of hydrogen-bond donors (Lipinski definition) is 1. The van der Waals surface area contributed by atoms with Gasteiger partial charge in [0, 0.05) is 12.8 Å². The average Bonchev–Trinajstić information content (AvgIpc) is 2.85. The van der Waals surface area contributed by atoms with Crippen molar-refractivity contribution >= 4 is 6.98 Å². The van der Waals surface area contributed by atoms with Gasteiger partial charge in [-0.05, 0) is 24.1 Å². The summed E-state index contributed by atoms with van der Waals surface area (Å²) in [7, 11) is 0. The molecule has 1 aliphatic rings. The minimum absolute atomic E-state index is 0.00251. The highest BCUT2D eigenvalue weighted by Crippen LogP contribution is 2.36. The van der Waals surface area contributed by atoms with Gasteiger partial charge in [0.05, 0.1) is 18.5 Å². The molecule has 2 rings (SSSR count). The third-order valence-electron chi connectivity index (χ3n) is 4.31. The quantitative estimate of drug-likeness (QED) is 0.636. The molecule has 106 valence electrons. The van der Waals surface area contributed by atoms with E-state index < -0.39 is 18.2 Å². The number of hydrogen-bond acceptors (Lipinski definition) is 0. The summed E-state index contributed by atoms with van der Waals surface area (Å²) in [6.45, 7) is -2.41. The van der Waals surface area contributed by atoms with E-state index in [-0.39, 0.29) is 12.0 Å². The Kier molecular flexibility index (Phi) is 3.90. The van der Waals surface area contributed by atoms with Crippen molar-refractivity contribution in [1.82, 2.24) is 0 Å². The minimum Gasteiger partial charge on any atom is -0.445 e. The Balaban J connectivity index is 2.51. The molecular formula is C13H18BF4N. The van der Waals surface area contributed by atoms with Gasteiger partial charge in [-0.1, -0.05) is 19.1 Å². The van der Waals surface area contributed by atoms with E-state index in [0.717, 1.165) is 25.0 Å². The number of rotatable bonds is 4. The second-order valence-electron chi connectivity index (χ2n) is 5.22. The normalized spacial score (nSPS) is 20.5. The maximum Gasteiger partial charge on any atom is 0.542 e. The van der Waals surface area contributed by atoms with Crippen molar-refractivity contribution < 1.29 is 22.2 Å². The van der Waals surface area contributed by atoms with Gasteiger partial charge in [-0.15, -0.1) is 0 Å². The standard InChI is InChI=1S/C13H17BF4N/c1-2-13(14(16,17)18,19-9-3-4-10-19)11-5-7-12(15)8-6-11/h5-8H,2-4,9-10H2,1H3/q-1/p+1/t13-/m1/s1. The first kappa shape index (κ1) is 14.4. The van der Waals surface area contributed by atoms with Crippen molar-refractivity contribution in [3.05, 3.63) is 35.6 Å². The van der Waals surface area contributed by atoms with Crippen LogP contribution in [0.1, 0.15) is 31.7 Å². The molecule has 6 heteroatoms. The number of benzene rings is 1. The van der Waals surface area contributed by atoms with Crippen LogP contribution in [0.2, 0.25) is 0 Å². The van der Waals surface area contributed by atoms with Gasteiger partial charge in [-0.3, -0.25) is 0 Å². The smallest absolute Gasteiger partial charge is 0.445 e. The van der Waals surface area contributed by atoms with Gasteiger partial charge in [-0.25, -0.2) is 4.39 Å². The summed E-state index contributed by atoms with van der Waals surface area (Å²) in [5, 5.41) is 0. The molecule has 0 aromatic heterocycles. The maximum absolute atomic E-state index is 13.8. The molecule has 1 aromatic rings. The highest BCUT2D eigenvalue weighted by molar-refractivity contribution is 6.61. The van der Waals surface area contributed by atoms with Crippen LogP contribution in [0.25, 0.3) is 0 Å². The van der Waals surface area contributed by atoms with E-state index in [9.17, 15) is 17.3 Å². The summed E-state index contributed by atoms with van der Waals surface area (Å²) in [4.78, 5) is 0.578. The summed E-state index contributed by atoms with van der Waals surface area (Å²) < 4.78 is 54.3. The molecule has 1 atom stereocenters.